The molecule has 0 spiro atoms. The standard InChI is InChI=1S/C15H12N2O3/c1-9-7-10(2)17(16-9)14(18)12-8-11-5-3-4-6-13(11)20-15(12)19/h3-8H,1-2H3. The van der Waals surface area contributed by atoms with Crippen LogP contribution in [0.5, 0.6) is 0 Å². The number of fused-ring (bicyclic) bond motifs is 1. The smallest absolute Gasteiger partial charge is 0.349 e. The first-order chi connectivity index (χ1) is 9.56. The highest BCUT2D eigenvalue weighted by Gasteiger charge is 2.18. The molecule has 0 aliphatic rings. The van der Waals surface area contributed by atoms with Crippen molar-refractivity contribution in [2.24, 2.45) is 0 Å². The fraction of sp³-hybridized carbons (Fsp3) is 0.133. The summed E-state index contributed by atoms with van der Waals surface area (Å²) in [7, 11) is 0. The van der Waals surface area contributed by atoms with Crippen molar-refractivity contribution in [2.75, 3.05) is 0 Å². The fourth-order valence-electron chi connectivity index (χ4n) is 2.16. The molecule has 3 rings (SSSR count). The average Bonchev–Trinajstić information content (AvgIpc) is 2.76. The van der Waals surface area contributed by atoms with E-state index in [0.29, 0.717) is 16.7 Å². The maximum Gasteiger partial charge on any atom is 0.349 e. The lowest BCUT2D eigenvalue weighted by Gasteiger charge is -2.03. The van der Waals surface area contributed by atoms with Crippen LogP contribution in [-0.4, -0.2) is 15.7 Å². The Morgan fingerprint density at radius 1 is 1.20 bits per heavy atom. The van der Waals surface area contributed by atoms with Crippen LogP contribution in [0.3, 0.4) is 0 Å². The Morgan fingerprint density at radius 2 is 1.95 bits per heavy atom. The summed E-state index contributed by atoms with van der Waals surface area (Å²) in [6.45, 7) is 3.56. The van der Waals surface area contributed by atoms with Gasteiger partial charge in [-0.3, -0.25) is 4.79 Å². The molecule has 0 bridgehead atoms. The number of rotatable bonds is 1. The number of hydrogen-bond donors (Lipinski definition) is 0. The number of aryl methyl sites for hydroxylation is 2. The topological polar surface area (TPSA) is 65.1 Å². The SMILES string of the molecule is Cc1cc(C)n(C(=O)c2cc3ccccc3oc2=O)n1. The second-order valence-corrected chi connectivity index (χ2v) is 4.63. The van der Waals surface area contributed by atoms with E-state index >= 15 is 0 Å². The molecule has 0 aliphatic carbocycles. The molecule has 0 unspecified atom stereocenters. The third-order valence-electron chi connectivity index (χ3n) is 3.07. The number of carbonyl (C=O) groups is 1. The van der Waals surface area contributed by atoms with E-state index in [4.69, 9.17) is 4.42 Å². The van der Waals surface area contributed by atoms with E-state index in [1.54, 1.807) is 44.2 Å². The molecule has 0 N–H and O–H groups in total. The van der Waals surface area contributed by atoms with Crippen LogP contribution in [0.4, 0.5) is 0 Å². The minimum absolute atomic E-state index is 0.0186. The lowest BCUT2D eigenvalue weighted by Crippen LogP contribution is -2.22. The van der Waals surface area contributed by atoms with Crippen molar-refractivity contribution in [3.63, 3.8) is 0 Å². The van der Waals surface area contributed by atoms with Crippen molar-refractivity contribution in [3.05, 3.63) is 63.8 Å². The summed E-state index contributed by atoms with van der Waals surface area (Å²) >= 11 is 0. The molecule has 0 atom stereocenters. The second-order valence-electron chi connectivity index (χ2n) is 4.63. The Bertz CT molecular complexity index is 874. The predicted molar refractivity (Wildman–Crippen MR) is 73.9 cm³/mol. The summed E-state index contributed by atoms with van der Waals surface area (Å²) in [5.41, 5.74) is 1.19. The molecule has 1 aromatic carbocycles. The van der Waals surface area contributed by atoms with E-state index < -0.39 is 11.5 Å². The van der Waals surface area contributed by atoms with E-state index in [1.165, 1.54) is 4.68 Å². The molecule has 0 saturated heterocycles. The Hall–Kier alpha value is -2.69. The van der Waals surface area contributed by atoms with Crippen LogP contribution >= 0.6 is 0 Å². The highest BCUT2D eigenvalue weighted by Crippen LogP contribution is 2.14. The third-order valence-corrected chi connectivity index (χ3v) is 3.07. The Kier molecular flexibility index (Phi) is 2.75. The van der Waals surface area contributed by atoms with Crippen LogP contribution in [0, 0.1) is 13.8 Å². The lowest BCUT2D eigenvalue weighted by molar-refractivity contribution is 0.0939. The van der Waals surface area contributed by atoms with E-state index in [2.05, 4.69) is 5.10 Å². The Morgan fingerprint density at radius 3 is 2.65 bits per heavy atom. The van der Waals surface area contributed by atoms with E-state index in [0.717, 1.165) is 5.69 Å². The first-order valence-electron chi connectivity index (χ1n) is 6.17. The number of para-hydroxylation sites is 1. The Labute approximate surface area is 114 Å². The van der Waals surface area contributed by atoms with Gasteiger partial charge in [-0.25, -0.2) is 9.48 Å². The van der Waals surface area contributed by atoms with Gasteiger partial charge in [0.1, 0.15) is 11.1 Å². The van der Waals surface area contributed by atoms with Crippen molar-refractivity contribution in [3.8, 4) is 0 Å². The van der Waals surface area contributed by atoms with Gasteiger partial charge in [-0.2, -0.15) is 5.10 Å². The van der Waals surface area contributed by atoms with Crippen LogP contribution in [0.25, 0.3) is 11.0 Å². The first kappa shape index (κ1) is 12.3. The number of carbonyl (C=O) groups excluding carboxylic acids is 1. The van der Waals surface area contributed by atoms with Crippen molar-refractivity contribution < 1.29 is 9.21 Å². The van der Waals surface area contributed by atoms with E-state index in [-0.39, 0.29) is 5.56 Å². The van der Waals surface area contributed by atoms with Crippen molar-refractivity contribution >= 4 is 16.9 Å². The summed E-state index contributed by atoms with van der Waals surface area (Å²) in [5.74, 6) is -0.477. The van der Waals surface area contributed by atoms with Gasteiger partial charge in [0.2, 0.25) is 0 Å². The normalized spacial score (nSPS) is 10.9. The summed E-state index contributed by atoms with van der Waals surface area (Å²) in [4.78, 5) is 24.3. The molecule has 0 radical (unpaired) electrons. The van der Waals surface area contributed by atoms with Gasteiger partial charge in [0, 0.05) is 11.1 Å². The molecule has 5 nitrogen and oxygen atoms in total. The number of hydrogen-bond acceptors (Lipinski definition) is 4. The molecule has 2 aromatic heterocycles. The molecular formula is C15H12N2O3. The van der Waals surface area contributed by atoms with Crippen molar-refractivity contribution in [1.82, 2.24) is 9.78 Å². The van der Waals surface area contributed by atoms with Crippen molar-refractivity contribution in [1.29, 1.82) is 0 Å². The summed E-state index contributed by atoms with van der Waals surface area (Å²) < 4.78 is 6.38. The van der Waals surface area contributed by atoms with Gasteiger partial charge in [0.25, 0.3) is 5.91 Å². The molecule has 20 heavy (non-hydrogen) atoms. The van der Waals surface area contributed by atoms with Gasteiger partial charge >= 0.3 is 5.63 Å². The van der Waals surface area contributed by atoms with Crippen LogP contribution < -0.4 is 5.63 Å². The molecule has 0 fully saturated rings. The maximum absolute atomic E-state index is 12.4. The van der Waals surface area contributed by atoms with Gasteiger partial charge < -0.3 is 4.42 Å². The maximum atomic E-state index is 12.4. The molecule has 0 amide bonds. The van der Waals surface area contributed by atoms with Gasteiger partial charge in [-0.15, -0.1) is 0 Å². The molecule has 5 heteroatoms. The van der Waals surface area contributed by atoms with Crippen LogP contribution in [0.1, 0.15) is 21.7 Å². The highest BCUT2D eigenvalue weighted by atomic mass is 16.4. The quantitative estimate of drug-likeness (QED) is 0.635. The number of nitrogens with zero attached hydrogens (tertiary/aromatic N) is 2. The highest BCUT2D eigenvalue weighted by molar-refractivity contribution is 5.97. The zero-order valence-corrected chi connectivity index (χ0v) is 11.1. The van der Waals surface area contributed by atoms with Crippen LogP contribution in [0.15, 0.2) is 45.6 Å². The predicted octanol–water partition coefficient (Wildman–Crippen LogP) is 2.29. The second kappa shape index (κ2) is 4.45. The molecular weight excluding hydrogens is 256 g/mol. The molecule has 100 valence electrons. The first-order valence-corrected chi connectivity index (χ1v) is 6.17. The molecule has 2 heterocycles. The van der Waals surface area contributed by atoms with Gasteiger partial charge in [0.05, 0.1) is 5.69 Å². The molecule has 0 aliphatic heterocycles. The summed E-state index contributed by atoms with van der Waals surface area (Å²) in [5, 5.41) is 4.80. The monoisotopic (exact) mass is 268 g/mol. The average molecular weight is 268 g/mol. The lowest BCUT2D eigenvalue weighted by atomic mass is 10.2. The third kappa shape index (κ3) is 1.93. The number of benzene rings is 1. The van der Waals surface area contributed by atoms with E-state index in [1.807, 2.05) is 6.07 Å². The van der Waals surface area contributed by atoms with Crippen LogP contribution in [0.2, 0.25) is 0 Å². The minimum atomic E-state index is -0.652. The minimum Gasteiger partial charge on any atom is -0.422 e. The van der Waals surface area contributed by atoms with E-state index in [9.17, 15) is 9.59 Å². The fourth-order valence-corrected chi connectivity index (χ4v) is 2.16. The summed E-state index contributed by atoms with van der Waals surface area (Å²) in [6.07, 6.45) is 0. The largest absolute Gasteiger partial charge is 0.422 e. The zero-order valence-electron chi connectivity index (χ0n) is 11.1. The van der Waals surface area contributed by atoms with Crippen LogP contribution in [-0.2, 0) is 0 Å². The summed E-state index contributed by atoms with van der Waals surface area (Å²) in [6, 6.07) is 10.4. The van der Waals surface area contributed by atoms with Gasteiger partial charge in [-0.1, -0.05) is 18.2 Å². The zero-order chi connectivity index (χ0) is 14.3. The van der Waals surface area contributed by atoms with Crippen molar-refractivity contribution in [2.45, 2.75) is 13.8 Å². The Balaban J connectivity index is 2.19. The van der Waals surface area contributed by atoms with Gasteiger partial charge in [0.15, 0.2) is 0 Å². The number of aromatic nitrogens is 2. The van der Waals surface area contributed by atoms with Gasteiger partial charge in [-0.05, 0) is 32.0 Å². The molecule has 0 saturated carbocycles. The molecule has 3 aromatic rings.